The molecule has 2 heteroatoms. The Labute approximate surface area is 75.5 Å². The second kappa shape index (κ2) is 4.24. The van der Waals surface area contributed by atoms with Crippen molar-refractivity contribution in [1.82, 2.24) is 0 Å². The van der Waals surface area contributed by atoms with Gasteiger partial charge in [-0.2, -0.15) is 0 Å². The maximum atomic E-state index is 6.30. The summed E-state index contributed by atoms with van der Waals surface area (Å²) in [6.07, 6.45) is 4.62. The molecule has 0 aliphatic carbocycles. The average molecular weight is 171 g/mol. The summed E-state index contributed by atoms with van der Waals surface area (Å²) in [6, 6.07) is 0. The van der Waals surface area contributed by atoms with Crippen LogP contribution in [0.4, 0.5) is 0 Å². The Kier molecular flexibility index (Phi) is 3.53. The summed E-state index contributed by atoms with van der Waals surface area (Å²) in [7, 11) is 0. The van der Waals surface area contributed by atoms with Crippen LogP contribution in [0.3, 0.4) is 0 Å². The lowest BCUT2D eigenvalue weighted by atomic mass is 9.77. The summed E-state index contributed by atoms with van der Waals surface area (Å²) in [4.78, 5) is 0. The zero-order chi connectivity index (χ0) is 9.03. The van der Waals surface area contributed by atoms with Crippen molar-refractivity contribution in [2.75, 3.05) is 13.2 Å². The summed E-state index contributed by atoms with van der Waals surface area (Å²) >= 11 is 0. The summed E-state index contributed by atoms with van der Waals surface area (Å²) in [5.74, 6) is 0.637. The van der Waals surface area contributed by atoms with E-state index in [0.29, 0.717) is 5.92 Å². The highest BCUT2D eigenvalue weighted by Crippen LogP contribution is 2.29. The molecule has 2 nitrogen and oxygen atoms in total. The van der Waals surface area contributed by atoms with Crippen molar-refractivity contribution in [2.45, 2.75) is 45.1 Å². The summed E-state index contributed by atoms with van der Waals surface area (Å²) in [5, 5.41) is 0. The van der Waals surface area contributed by atoms with Gasteiger partial charge in [-0.3, -0.25) is 0 Å². The van der Waals surface area contributed by atoms with E-state index in [2.05, 4.69) is 13.8 Å². The van der Waals surface area contributed by atoms with Crippen molar-refractivity contribution in [3.05, 3.63) is 0 Å². The van der Waals surface area contributed by atoms with Crippen LogP contribution in [-0.4, -0.2) is 18.8 Å². The summed E-state index contributed by atoms with van der Waals surface area (Å²) in [6.45, 7) is 6.10. The smallest absolute Gasteiger partial charge is 0.0648 e. The standard InChI is InChI=1S/C10H21NO/c1-3-9(4-2)10(11)6-5-7-12-8-10/h9H,3-8,11H2,1-2H3. The fourth-order valence-electron chi connectivity index (χ4n) is 2.26. The Morgan fingerprint density at radius 2 is 2.08 bits per heavy atom. The summed E-state index contributed by atoms with van der Waals surface area (Å²) < 4.78 is 5.44. The van der Waals surface area contributed by atoms with Gasteiger partial charge in [0.05, 0.1) is 6.61 Å². The molecule has 0 spiro atoms. The van der Waals surface area contributed by atoms with Gasteiger partial charge in [0.1, 0.15) is 0 Å². The second-order valence-electron chi connectivity index (χ2n) is 3.90. The van der Waals surface area contributed by atoms with Crippen molar-refractivity contribution in [2.24, 2.45) is 11.7 Å². The van der Waals surface area contributed by atoms with Crippen LogP contribution in [-0.2, 0) is 4.74 Å². The molecule has 1 unspecified atom stereocenters. The van der Waals surface area contributed by atoms with Crippen LogP contribution in [0.1, 0.15) is 39.5 Å². The maximum Gasteiger partial charge on any atom is 0.0648 e. The van der Waals surface area contributed by atoms with Gasteiger partial charge >= 0.3 is 0 Å². The molecular formula is C10H21NO. The van der Waals surface area contributed by atoms with Gasteiger partial charge < -0.3 is 10.5 Å². The molecule has 0 saturated carbocycles. The molecular weight excluding hydrogens is 150 g/mol. The monoisotopic (exact) mass is 171 g/mol. The quantitative estimate of drug-likeness (QED) is 0.704. The highest BCUT2D eigenvalue weighted by atomic mass is 16.5. The van der Waals surface area contributed by atoms with E-state index in [4.69, 9.17) is 10.5 Å². The molecule has 0 amide bonds. The Hall–Kier alpha value is -0.0800. The highest BCUT2D eigenvalue weighted by Gasteiger charge is 2.34. The number of rotatable bonds is 3. The van der Waals surface area contributed by atoms with E-state index in [0.717, 1.165) is 26.1 Å². The van der Waals surface area contributed by atoms with Crippen LogP contribution in [0, 0.1) is 5.92 Å². The van der Waals surface area contributed by atoms with E-state index in [-0.39, 0.29) is 5.54 Å². The Bertz CT molecular complexity index is 126. The lowest BCUT2D eigenvalue weighted by molar-refractivity contribution is 0.00902. The lowest BCUT2D eigenvalue weighted by Crippen LogP contribution is -2.53. The van der Waals surface area contributed by atoms with Crippen molar-refractivity contribution >= 4 is 0 Å². The minimum Gasteiger partial charge on any atom is -0.380 e. The fraction of sp³-hybridized carbons (Fsp3) is 1.00. The van der Waals surface area contributed by atoms with Crippen molar-refractivity contribution in [1.29, 1.82) is 0 Å². The van der Waals surface area contributed by atoms with Crippen LogP contribution in [0.25, 0.3) is 0 Å². The van der Waals surface area contributed by atoms with E-state index >= 15 is 0 Å². The van der Waals surface area contributed by atoms with E-state index in [1.807, 2.05) is 0 Å². The van der Waals surface area contributed by atoms with Gasteiger partial charge in [0, 0.05) is 12.1 Å². The van der Waals surface area contributed by atoms with Gasteiger partial charge in [0.2, 0.25) is 0 Å². The molecule has 72 valence electrons. The first kappa shape index (κ1) is 10.0. The SMILES string of the molecule is CCC(CC)C1(N)CCCOC1. The van der Waals surface area contributed by atoms with Crippen LogP contribution >= 0.6 is 0 Å². The van der Waals surface area contributed by atoms with Crippen molar-refractivity contribution in [3.63, 3.8) is 0 Å². The Balaban J connectivity index is 2.53. The molecule has 0 aromatic heterocycles. The molecule has 1 atom stereocenters. The Morgan fingerprint density at radius 1 is 1.42 bits per heavy atom. The zero-order valence-corrected chi connectivity index (χ0v) is 8.31. The fourth-order valence-corrected chi connectivity index (χ4v) is 2.26. The molecule has 12 heavy (non-hydrogen) atoms. The van der Waals surface area contributed by atoms with Gasteiger partial charge in [-0.1, -0.05) is 26.7 Å². The molecule has 1 aliphatic rings. The molecule has 1 saturated heterocycles. The van der Waals surface area contributed by atoms with Crippen LogP contribution in [0.2, 0.25) is 0 Å². The highest BCUT2D eigenvalue weighted by molar-refractivity contribution is 4.91. The Morgan fingerprint density at radius 3 is 2.50 bits per heavy atom. The van der Waals surface area contributed by atoms with Crippen LogP contribution < -0.4 is 5.73 Å². The van der Waals surface area contributed by atoms with Gasteiger partial charge in [-0.25, -0.2) is 0 Å². The number of hydrogen-bond acceptors (Lipinski definition) is 2. The van der Waals surface area contributed by atoms with Crippen molar-refractivity contribution in [3.8, 4) is 0 Å². The zero-order valence-electron chi connectivity index (χ0n) is 8.31. The maximum absolute atomic E-state index is 6.30. The summed E-state index contributed by atoms with van der Waals surface area (Å²) in [5.41, 5.74) is 6.27. The minimum absolute atomic E-state index is 0.0260. The van der Waals surface area contributed by atoms with E-state index in [1.165, 1.54) is 12.8 Å². The van der Waals surface area contributed by atoms with E-state index in [1.54, 1.807) is 0 Å². The third kappa shape index (κ3) is 1.99. The average Bonchev–Trinajstić information content (AvgIpc) is 2.07. The van der Waals surface area contributed by atoms with E-state index < -0.39 is 0 Å². The van der Waals surface area contributed by atoms with E-state index in [9.17, 15) is 0 Å². The first-order valence-electron chi connectivity index (χ1n) is 5.09. The van der Waals surface area contributed by atoms with Crippen LogP contribution in [0.15, 0.2) is 0 Å². The number of nitrogens with two attached hydrogens (primary N) is 1. The largest absolute Gasteiger partial charge is 0.380 e. The van der Waals surface area contributed by atoms with Gasteiger partial charge in [-0.05, 0) is 18.8 Å². The topological polar surface area (TPSA) is 35.2 Å². The lowest BCUT2D eigenvalue weighted by Gasteiger charge is -2.39. The predicted molar refractivity (Wildman–Crippen MR) is 51.0 cm³/mol. The molecule has 0 aromatic rings. The van der Waals surface area contributed by atoms with Gasteiger partial charge in [-0.15, -0.1) is 0 Å². The number of hydrogen-bond donors (Lipinski definition) is 1. The van der Waals surface area contributed by atoms with Crippen LogP contribution in [0.5, 0.6) is 0 Å². The number of ether oxygens (including phenoxy) is 1. The molecule has 1 rings (SSSR count). The molecule has 0 radical (unpaired) electrons. The predicted octanol–water partition coefficient (Wildman–Crippen LogP) is 1.93. The molecule has 0 bridgehead atoms. The first-order valence-corrected chi connectivity index (χ1v) is 5.09. The molecule has 2 N–H and O–H groups in total. The van der Waals surface area contributed by atoms with Crippen molar-refractivity contribution < 1.29 is 4.74 Å². The van der Waals surface area contributed by atoms with Gasteiger partial charge in [0.25, 0.3) is 0 Å². The molecule has 1 heterocycles. The second-order valence-corrected chi connectivity index (χ2v) is 3.90. The third-order valence-corrected chi connectivity index (χ3v) is 3.10. The molecule has 1 fully saturated rings. The molecule has 0 aromatic carbocycles. The van der Waals surface area contributed by atoms with Gasteiger partial charge in [0.15, 0.2) is 0 Å². The third-order valence-electron chi connectivity index (χ3n) is 3.10. The normalized spacial score (nSPS) is 31.0. The molecule has 1 aliphatic heterocycles. The minimum atomic E-state index is -0.0260. The first-order chi connectivity index (χ1) is 5.73.